The monoisotopic (exact) mass is 308 g/mol. The molecule has 0 fully saturated rings. The van der Waals surface area contributed by atoms with Crippen LogP contribution in [0.5, 0.6) is 5.75 Å². The van der Waals surface area contributed by atoms with Crippen LogP contribution >= 0.6 is 7.82 Å². The molecule has 0 saturated heterocycles. The van der Waals surface area contributed by atoms with Crippen molar-refractivity contribution in [3.8, 4) is 5.75 Å². The van der Waals surface area contributed by atoms with Crippen molar-refractivity contribution in [2.45, 2.75) is 26.7 Å². The van der Waals surface area contributed by atoms with Crippen LogP contribution in [-0.4, -0.2) is 13.2 Å². The third-order valence-corrected chi connectivity index (χ3v) is 4.28. The maximum absolute atomic E-state index is 12.6. The number of fused-ring (bicyclic) bond motifs is 1. The lowest BCUT2D eigenvalue weighted by Crippen LogP contribution is -2.04. The second-order valence-corrected chi connectivity index (χ2v) is 6.31. The predicted molar refractivity (Wildman–Crippen MR) is 84.7 cm³/mol. The summed E-state index contributed by atoms with van der Waals surface area (Å²) in [6, 6.07) is 13.5. The summed E-state index contributed by atoms with van der Waals surface area (Å²) >= 11 is 0. The van der Waals surface area contributed by atoms with Gasteiger partial charge >= 0.3 is 7.82 Å². The minimum atomic E-state index is -3.55. The van der Waals surface area contributed by atoms with E-state index in [0.29, 0.717) is 19.0 Å². The minimum Gasteiger partial charge on any atom is -0.404 e. The average Bonchev–Trinajstić information content (AvgIpc) is 2.51. The highest BCUT2D eigenvalue weighted by molar-refractivity contribution is 7.48. The maximum Gasteiger partial charge on any atom is 0.530 e. The fourth-order valence-electron chi connectivity index (χ4n) is 1.85. The fourth-order valence-corrected chi connectivity index (χ4v) is 3.21. The molecule has 4 nitrogen and oxygen atoms in total. The average molecular weight is 308 g/mol. The van der Waals surface area contributed by atoms with Crippen LogP contribution in [0.25, 0.3) is 10.8 Å². The summed E-state index contributed by atoms with van der Waals surface area (Å²) in [5.41, 5.74) is 0. The van der Waals surface area contributed by atoms with E-state index in [1.807, 2.05) is 50.2 Å². The second kappa shape index (κ2) is 7.60. The first-order valence-corrected chi connectivity index (χ1v) is 8.70. The van der Waals surface area contributed by atoms with E-state index >= 15 is 0 Å². The molecule has 0 bridgehead atoms. The molecule has 0 aliphatic rings. The Morgan fingerprint density at radius 3 is 2.14 bits per heavy atom. The van der Waals surface area contributed by atoms with Gasteiger partial charge < -0.3 is 4.52 Å². The van der Waals surface area contributed by atoms with Gasteiger partial charge in [-0.1, -0.05) is 44.2 Å². The zero-order chi connectivity index (χ0) is 15.1. The van der Waals surface area contributed by atoms with Gasteiger partial charge in [0.1, 0.15) is 5.75 Å². The number of phosphoric acid groups is 1. The summed E-state index contributed by atoms with van der Waals surface area (Å²) < 4.78 is 28.7. The Labute approximate surface area is 125 Å². The van der Waals surface area contributed by atoms with E-state index in [0.717, 1.165) is 23.6 Å². The Bertz CT molecular complexity index is 614. The molecule has 2 aromatic carbocycles. The molecule has 2 rings (SSSR count). The highest BCUT2D eigenvalue weighted by atomic mass is 31.2. The van der Waals surface area contributed by atoms with Gasteiger partial charge in [-0.3, -0.25) is 9.05 Å². The number of phosphoric ester groups is 1. The van der Waals surface area contributed by atoms with Crippen molar-refractivity contribution < 1.29 is 18.1 Å². The number of hydrogen-bond donors (Lipinski definition) is 0. The number of hydrogen-bond acceptors (Lipinski definition) is 4. The zero-order valence-electron chi connectivity index (χ0n) is 12.5. The quantitative estimate of drug-likeness (QED) is 0.630. The van der Waals surface area contributed by atoms with E-state index < -0.39 is 7.82 Å². The molecule has 5 heteroatoms. The SMILES string of the molecule is CCCOP(=O)(OCCC)Oc1ccc2ccccc2c1. The third-order valence-electron chi connectivity index (χ3n) is 2.85. The maximum atomic E-state index is 12.6. The zero-order valence-corrected chi connectivity index (χ0v) is 13.3. The lowest BCUT2D eigenvalue weighted by molar-refractivity contribution is 0.155. The van der Waals surface area contributed by atoms with Gasteiger partial charge in [-0.15, -0.1) is 0 Å². The molecule has 0 aliphatic carbocycles. The molecular weight excluding hydrogens is 287 g/mol. The van der Waals surface area contributed by atoms with E-state index in [1.165, 1.54) is 0 Å². The first kappa shape index (κ1) is 16.0. The van der Waals surface area contributed by atoms with Gasteiger partial charge in [0.15, 0.2) is 0 Å². The van der Waals surface area contributed by atoms with Crippen LogP contribution in [0.4, 0.5) is 0 Å². The highest BCUT2D eigenvalue weighted by Gasteiger charge is 2.28. The van der Waals surface area contributed by atoms with Crippen molar-refractivity contribution in [1.82, 2.24) is 0 Å². The standard InChI is InChI=1S/C16H21O4P/c1-3-11-18-21(17,19-12-4-2)20-16-10-9-14-7-5-6-8-15(14)13-16/h5-10,13H,3-4,11-12H2,1-2H3. The lowest BCUT2D eigenvalue weighted by atomic mass is 10.1. The van der Waals surface area contributed by atoms with E-state index in [-0.39, 0.29) is 0 Å². The normalized spacial score (nSPS) is 11.7. The van der Waals surface area contributed by atoms with Crippen LogP contribution in [0.15, 0.2) is 42.5 Å². The summed E-state index contributed by atoms with van der Waals surface area (Å²) in [5, 5.41) is 2.12. The summed E-state index contributed by atoms with van der Waals surface area (Å²) in [6.07, 6.45) is 1.50. The first-order chi connectivity index (χ1) is 10.2. The fraction of sp³-hybridized carbons (Fsp3) is 0.375. The van der Waals surface area contributed by atoms with Gasteiger partial charge in [-0.2, -0.15) is 0 Å². The van der Waals surface area contributed by atoms with Crippen LogP contribution in [-0.2, 0) is 13.6 Å². The van der Waals surface area contributed by atoms with Gasteiger partial charge in [0, 0.05) is 0 Å². The van der Waals surface area contributed by atoms with Crippen LogP contribution in [0, 0.1) is 0 Å². The molecule has 0 radical (unpaired) electrons. The molecule has 0 unspecified atom stereocenters. The van der Waals surface area contributed by atoms with E-state index in [1.54, 1.807) is 6.07 Å². The third kappa shape index (κ3) is 4.57. The van der Waals surface area contributed by atoms with E-state index in [9.17, 15) is 4.57 Å². The van der Waals surface area contributed by atoms with Crippen molar-refractivity contribution in [2.75, 3.05) is 13.2 Å². The molecule has 21 heavy (non-hydrogen) atoms. The minimum absolute atomic E-state index is 0.342. The highest BCUT2D eigenvalue weighted by Crippen LogP contribution is 2.49. The van der Waals surface area contributed by atoms with Gasteiger partial charge in [0.2, 0.25) is 0 Å². The van der Waals surface area contributed by atoms with Crippen molar-refractivity contribution in [1.29, 1.82) is 0 Å². The van der Waals surface area contributed by atoms with Crippen molar-refractivity contribution in [3.63, 3.8) is 0 Å². The van der Waals surface area contributed by atoms with Crippen LogP contribution < -0.4 is 4.52 Å². The lowest BCUT2D eigenvalue weighted by Gasteiger charge is -2.18. The summed E-state index contributed by atoms with van der Waals surface area (Å²) in [7, 11) is -3.55. The molecule has 0 saturated carbocycles. The number of rotatable bonds is 8. The summed E-state index contributed by atoms with van der Waals surface area (Å²) in [4.78, 5) is 0. The van der Waals surface area contributed by atoms with Gasteiger partial charge in [0.05, 0.1) is 13.2 Å². The molecule has 0 aliphatic heterocycles. The summed E-state index contributed by atoms with van der Waals surface area (Å²) in [6.45, 7) is 4.57. The molecule has 0 amide bonds. The first-order valence-electron chi connectivity index (χ1n) is 7.24. The largest absolute Gasteiger partial charge is 0.530 e. The van der Waals surface area contributed by atoms with Crippen molar-refractivity contribution in [2.24, 2.45) is 0 Å². The predicted octanol–water partition coefficient (Wildman–Crippen LogP) is 5.18. The van der Waals surface area contributed by atoms with Crippen LogP contribution in [0.3, 0.4) is 0 Å². The van der Waals surface area contributed by atoms with E-state index in [2.05, 4.69) is 0 Å². The Morgan fingerprint density at radius 1 is 0.905 bits per heavy atom. The molecule has 0 heterocycles. The second-order valence-electron chi connectivity index (χ2n) is 4.71. The van der Waals surface area contributed by atoms with Crippen LogP contribution in [0.2, 0.25) is 0 Å². The molecule has 0 aromatic heterocycles. The van der Waals surface area contributed by atoms with Crippen molar-refractivity contribution in [3.05, 3.63) is 42.5 Å². The van der Waals surface area contributed by atoms with Crippen molar-refractivity contribution >= 4 is 18.6 Å². The van der Waals surface area contributed by atoms with Gasteiger partial charge in [-0.25, -0.2) is 4.57 Å². The van der Waals surface area contributed by atoms with Crippen LogP contribution in [0.1, 0.15) is 26.7 Å². The molecule has 2 aromatic rings. The van der Waals surface area contributed by atoms with Gasteiger partial charge in [0.25, 0.3) is 0 Å². The van der Waals surface area contributed by atoms with Gasteiger partial charge in [-0.05, 0) is 35.7 Å². The molecule has 114 valence electrons. The topological polar surface area (TPSA) is 44.8 Å². The molecule has 0 atom stereocenters. The van der Waals surface area contributed by atoms with E-state index in [4.69, 9.17) is 13.6 Å². The smallest absolute Gasteiger partial charge is 0.404 e. The Hall–Kier alpha value is -1.35. The Balaban J connectivity index is 2.18. The number of benzene rings is 2. The molecular formula is C16H21O4P. The molecule has 0 N–H and O–H groups in total. The summed E-state index contributed by atoms with van der Waals surface area (Å²) in [5.74, 6) is 0.490. The Kier molecular flexibility index (Phi) is 5.80. The molecule has 0 spiro atoms. The Morgan fingerprint density at radius 2 is 1.52 bits per heavy atom.